The van der Waals surface area contributed by atoms with Crippen molar-refractivity contribution >= 4 is 33.9 Å². The van der Waals surface area contributed by atoms with E-state index in [9.17, 15) is 9.90 Å². The number of nitrogens with one attached hydrogen (secondary N) is 2. The van der Waals surface area contributed by atoms with Gasteiger partial charge < -0.3 is 25.2 Å². The van der Waals surface area contributed by atoms with Gasteiger partial charge in [0.1, 0.15) is 17.2 Å². The van der Waals surface area contributed by atoms with Crippen LogP contribution in [0.2, 0.25) is 0 Å². The van der Waals surface area contributed by atoms with Crippen molar-refractivity contribution in [2.24, 2.45) is 0 Å². The second kappa shape index (κ2) is 7.96. The molecule has 1 saturated heterocycles. The fourth-order valence-corrected chi connectivity index (χ4v) is 3.36. The fraction of sp³-hybridized carbons (Fsp3) is 0.438. The van der Waals surface area contributed by atoms with Gasteiger partial charge in [-0.2, -0.15) is 0 Å². The van der Waals surface area contributed by atoms with Gasteiger partial charge >= 0.3 is 6.03 Å². The maximum atomic E-state index is 12.1. The Morgan fingerprint density at radius 3 is 2.65 bits per heavy atom. The molecule has 10 heteroatoms. The summed E-state index contributed by atoms with van der Waals surface area (Å²) < 4.78 is 5.53. The Kier molecular flexibility index (Phi) is 5.67. The molecule has 2 amide bonds. The number of aliphatic hydroxyl groups is 2. The van der Waals surface area contributed by atoms with Crippen LogP contribution in [0.3, 0.4) is 0 Å². The van der Waals surface area contributed by atoms with E-state index >= 15 is 0 Å². The second-order valence-corrected chi connectivity index (χ2v) is 7.12. The molecule has 3 rings (SSSR count). The van der Waals surface area contributed by atoms with Crippen LogP contribution in [-0.2, 0) is 4.74 Å². The number of ether oxygens (including phenoxy) is 1. The molecule has 0 spiro atoms. The number of nitrogens with zero attached hydrogens (tertiary/aromatic N) is 3. The summed E-state index contributed by atoms with van der Waals surface area (Å²) in [7, 11) is 3.88. The Hall–Kier alpha value is -2.27. The first-order valence-electron chi connectivity index (χ1n) is 8.09. The van der Waals surface area contributed by atoms with Crippen molar-refractivity contribution in [2.45, 2.75) is 24.7 Å². The molecular weight excluding hydrogens is 358 g/mol. The molecule has 1 aromatic heterocycles. The van der Waals surface area contributed by atoms with Gasteiger partial charge in [-0.15, -0.1) is 10.2 Å². The first-order valence-corrected chi connectivity index (χ1v) is 8.91. The zero-order chi connectivity index (χ0) is 18.7. The van der Waals surface area contributed by atoms with E-state index in [2.05, 4.69) is 20.8 Å². The van der Waals surface area contributed by atoms with Gasteiger partial charge in [-0.1, -0.05) is 11.3 Å². The van der Waals surface area contributed by atoms with E-state index in [0.29, 0.717) is 22.2 Å². The van der Waals surface area contributed by atoms with Crippen molar-refractivity contribution in [3.05, 3.63) is 29.3 Å². The summed E-state index contributed by atoms with van der Waals surface area (Å²) in [5.41, 5.74) is 1.69. The molecule has 1 aliphatic rings. The highest BCUT2D eigenvalue weighted by atomic mass is 32.1. The van der Waals surface area contributed by atoms with Crippen molar-refractivity contribution < 1.29 is 19.7 Å². The van der Waals surface area contributed by atoms with E-state index in [1.807, 2.05) is 43.3 Å². The Morgan fingerprint density at radius 2 is 2.04 bits per heavy atom. The van der Waals surface area contributed by atoms with Crippen molar-refractivity contribution in [1.29, 1.82) is 0 Å². The van der Waals surface area contributed by atoms with E-state index in [-0.39, 0.29) is 6.61 Å². The summed E-state index contributed by atoms with van der Waals surface area (Å²) in [6.45, 7) is -0.253. The van der Waals surface area contributed by atoms with E-state index < -0.39 is 24.3 Å². The van der Waals surface area contributed by atoms with Crippen LogP contribution in [0.4, 0.5) is 21.3 Å². The minimum Gasteiger partial charge on any atom is -0.394 e. The molecule has 1 aromatic carbocycles. The molecule has 0 unspecified atom stereocenters. The summed E-state index contributed by atoms with van der Waals surface area (Å²) in [5, 5.41) is 33.0. The van der Waals surface area contributed by atoms with Crippen LogP contribution in [0.1, 0.15) is 17.5 Å². The molecule has 0 saturated carbocycles. The van der Waals surface area contributed by atoms with Crippen molar-refractivity contribution in [3.8, 4) is 0 Å². The van der Waals surface area contributed by atoms with Gasteiger partial charge in [0, 0.05) is 31.9 Å². The van der Waals surface area contributed by atoms with Crippen LogP contribution in [0, 0.1) is 0 Å². The molecule has 2 heterocycles. The lowest BCUT2D eigenvalue weighted by Crippen LogP contribution is -2.24. The number of aliphatic hydroxyl groups excluding tert-OH is 2. The SMILES string of the molecule is CN(C)c1ccc(NC(=O)Nc2nnc([C@H]3C[C@H](O)[C@@H](CO)O3)s2)cc1. The molecule has 0 radical (unpaired) electrons. The number of hydrogen-bond donors (Lipinski definition) is 4. The standard InChI is InChI=1S/C16H21N5O4S/c1-21(2)10-5-3-9(4-6-10)17-15(24)18-16-20-19-14(26-16)12-7-11(23)13(8-22)25-12/h3-6,11-13,22-23H,7-8H2,1-2H3,(H2,17,18,20,24)/t11-,12+,13+/m0/s1. The Morgan fingerprint density at radius 1 is 1.31 bits per heavy atom. The smallest absolute Gasteiger partial charge is 0.325 e. The normalized spacial score (nSPS) is 22.2. The number of urea groups is 1. The van der Waals surface area contributed by atoms with Gasteiger partial charge in [-0.25, -0.2) is 4.79 Å². The average molecular weight is 379 g/mol. The van der Waals surface area contributed by atoms with E-state index in [1.54, 1.807) is 0 Å². The maximum absolute atomic E-state index is 12.1. The first-order chi connectivity index (χ1) is 12.5. The number of benzene rings is 1. The predicted molar refractivity (Wildman–Crippen MR) is 98.6 cm³/mol. The minimum atomic E-state index is -0.737. The third kappa shape index (κ3) is 4.28. The lowest BCUT2D eigenvalue weighted by molar-refractivity contribution is -0.0227. The molecule has 26 heavy (non-hydrogen) atoms. The Labute approximate surface area is 154 Å². The predicted octanol–water partition coefficient (Wildman–Crippen LogP) is 1.43. The molecule has 140 valence electrons. The molecular formula is C16H21N5O4S. The van der Waals surface area contributed by atoms with Crippen LogP contribution in [0.5, 0.6) is 0 Å². The number of rotatable bonds is 5. The highest BCUT2D eigenvalue weighted by Crippen LogP contribution is 2.35. The molecule has 0 aliphatic carbocycles. The summed E-state index contributed by atoms with van der Waals surface area (Å²) in [6.07, 6.45) is -1.45. The molecule has 3 atom stereocenters. The zero-order valence-electron chi connectivity index (χ0n) is 14.4. The molecule has 9 nitrogen and oxygen atoms in total. The largest absolute Gasteiger partial charge is 0.394 e. The molecule has 1 fully saturated rings. The number of anilines is 3. The zero-order valence-corrected chi connectivity index (χ0v) is 15.2. The Bertz CT molecular complexity index is 751. The third-order valence-corrected chi connectivity index (χ3v) is 4.91. The molecule has 2 aromatic rings. The molecule has 4 N–H and O–H groups in total. The number of carbonyl (C=O) groups is 1. The lowest BCUT2D eigenvalue weighted by Gasteiger charge is -2.13. The number of carbonyl (C=O) groups excluding carboxylic acids is 1. The summed E-state index contributed by atoms with van der Waals surface area (Å²) in [4.78, 5) is 14.1. The van der Waals surface area contributed by atoms with Crippen LogP contribution in [-0.4, -0.2) is 59.4 Å². The van der Waals surface area contributed by atoms with Crippen molar-refractivity contribution in [1.82, 2.24) is 10.2 Å². The van der Waals surface area contributed by atoms with Crippen molar-refractivity contribution in [3.63, 3.8) is 0 Å². The van der Waals surface area contributed by atoms with Crippen LogP contribution >= 0.6 is 11.3 Å². The van der Waals surface area contributed by atoms with Crippen molar-refractivity contribution in [2.75, 3.05) is 36.2 Å². The van der Waals surface area contributed by atoms with Gasteiger partial charge in [0.25, 0.3) is 0 Å². The van der Waals surface area contributed by atoms with Crippen LogP contribution in [0.25, 0.3) is 0 Å². The van der Waals surface area contributed by atoms with E-state index in [4.69, 9.17) is 9.84 Å². The van der Waals surface area contributed by atoms with Gasteiger partial charge in [-0.05, 0) is 24.3 Å². The third-order valence-electron chi connectivity index (χ3n) is 3.98. The van der Waals surface area contributed by atoms with Gasteiger partial charge in [-0.3, -0.25) is 5.32 Å². The highest BCUT2D eigenvalue weighted by molar-refractivity contribution is 7.15. The summed E-state index contributed by atoms with van der Waals surface area (Å²) in [6, 6.07) is 7.00. The number of hydrogen-bond acceptors (Lipinski definition) is 8. The second-order valence-electron chi connectivity index (χ2n) is 6.11. The Balaban J connectivity index is 1.56. The number of aromatic nitrogens is 2. The summed E-state index contributed by atoms with van der Waals surface area (Å²) >= 11 is 1.17. The van der Waals surface area contributed by atoms with Crippen LogP contribution < -0.4 is 15.5 Å². The fourth-order valence-electron chi connectivity index (χ4n) is 2.57. The monoisotopic (exact) mass is 379 g/mol. The average Bonchev–Trinajstić information content (AvgIpc) is 3.21. The highest BCUT2D eigenvalue weighted by Gasteiger charge is 2.36. The van der Waals surface area contributed by atoms with E-state index in [0.717, 1.165) is 5.69 Å². The first kappa shape index (κ1) is 18.5. The molecule has 0 bridgehead atoms. The van der Waals surface area contributed by atoms with Gasteiger partial charge in [0.15, 0.2) is 0 Å². The maximum Gasteiger partial charge on any atom is 0.325 e. The lowest BCUT2D eigenvalue weighted by atomic mass is 10.1. The minimum absolute atomic E-state index is 0.253. The van der Waals surface area contributed by atoms with Gasteiger partial charge in [0.05, 0.1) is 12.7 Å². The quantitative estimate of drug-likeness (QED) is 0.620. The number of amides is 2. The van der Waals surface area contributed by atoms with Gasteiger partial charge in [0.2, 0.25) is 5.13 Å². The van der Waals surface area contributed by atoms with Crippen LogP contribution in [0.15, 0.2) is 24.3 Å². The van der Waals surface area contributed by atoms with E-state index in [1.165, 1.54) is 11.3 Å². The topological polar surface area (TPSA) is 120 Å². The summed E-state index contributed by atoms with van der Waals surface area (Å²) in [5.74, 6) is 0. The molecule has 1 aliphatic heterocycles.